The smallest absolute Gasteiger partial charge is 0.241 e. The van der Waals surface area contributed by atoms with Crippen molar-refractivity contribution in [3.8, 4) is 5.75 Å². The van der Waals surface area contributed by atoms with Gasteiger partial charge in [0.05, 0.1) is 45.4 Å². The molecule has 1 aliphatic rings. The van der Waals surface area contributed by atoms with Crippen LogP contribution >= 0.6 is 11.3 Å². The highest BCUT2D eigenvalue weighted by Crippen LogP contribution is 2.39. The van der Waals surface area contributed by atoms with E-state index in [1.807, 2.05) is 42.6 Å². The van der Waals surface area contributed by atoms with Crippen LogP contribution in [0.25, 0.3) is 10.2 Å². The number of nitrogens with one attached hydrogen (secondary N) is 2. The second-order valence-corrected chi connectivity index (χ2v) is 13.5. The van der Waals surface area contributed by atoms with Crippen LogP contribution in [0.15, 0.2) is 52.7 Å². The Kier molecular flexibility index (Phi) is 7.67. The standard InChI is InChI=1S/C28H32N6O4S2/c1-17(2)40(36,37)24-9-7-6-8-19(24)29-27-26-20(11-13-39-26)30-28(32-27)31-21-15-22-18(14-23(21)38-5)10-12-34(22)25(35)16-33(3)4/h6-9,11,13-15,17H,10,12,16H2,1-5H3,(H2,29,30,31,32). The molecule has 0 spiro atoms. The first-order valence-electron chi connectivity index (χ1n) is 12.9. The molecule has 3 heterocycles. The highest BCUT2D eigenvalue weighted by atomic mass is 32.2. The average Bonchev–Trinajstić information content (AvgIpc) is 3.55. The predicted octanol–water partition coefficient (Wildman–Crippen LogP) is 4.82. The molecule has 12 heteroatoms. The van der Waals surface area contributed by atoms with E-state index in [1.54, 1.807) is 50.1 Å². The number of carbonyl (C=O) groups is 1. The van der Waals surface area contributed by atoms with Gasteiger partial charge in [0, 0.05) is 12.2 Å². The summed E-state index contributed by atoms with van der Waals surface area (Å²) in [4.78, 5) is 26.2. The molecule has 0 radical (unpaired) electrons. The van der Waals surface area contributed by atoms with Crippen molar-refractivity contribution in [2.45, 2.75) is 30.4 Å². The van der Waals surface area contributed by atoms with Gasteiger partial charge in [0.1, 0.15) is 5.75 Å². The van der Waals surface area contributed by atoms with Crippen LogP contribution in [-0.4, -0.2) is 68.7 Å². The summed E-state index contributed by atoms with van der Waals surface area (Å²) in [6, 6.07) is 12.5. The molecule has 210 valence electrons. The number of sulfone groups is 1. The van der Waals surface area contributed by atoms with Gasteiger partial charge >= 0.3 is 0 Å². The summed E-state index contributed by atoms with van der Waals surface area (Å²) in [5.74, 6) is 1.42. The topological polar surface area (TPSA) is 117 Å². The number of thiophene rings is 1. The van der Waals surface area contributed by atoms with Gasteiger partial charge in [-0.25, -0.2) is 13.4 Å². The lowest BCUT2D eigenvalue weighted by Gasteiger charge is -2.21. The Labute approximate surface area is 237 Å². The molecular formula is C28H32N6O4S2. The fourth-order valence-electron chi connectivity index (χ4n) is 4.62. The summed E-state index contributed by atoms with van der Waals surface area (Å²) in [7, 11) is 1.81. The molecule has 1 aliphatic heterocycles. The Balaban J connectivity index is 1.52. The van der Waals surface area contributed by atoms with Gasteiger partial charge in [-0.2, -0.15) is 4.98 Å². The van der Waals surface area contributed by atoms with Crippen LogP contribution in [0.4, 0.5) is 28.8 Å². The first kappa shape index (κ1) is 27.8. The maximum Gasteiger partial charge on any atom is 0.241 e. The van der Waals surface area contributed by atoms with Gasteiger partial charge in [-0.05, 0) is 75.6 Å². The first-order chi connectivity index (χ1) is 19.1. The van der Waals surface area contributed by atoms with Gasteiger partial charge in [0.2, 0.25) is 11.9 Å². The number of aromatic nitrogens is 2. The minimum absolute atomic E-state index is 0.0253. The van der Waals surface area contributed by atoms with Crippen LogP contribution in [0.1, 0.15) is 19.4 Å². The SMILES string of the molecule is COc1cc2c(cc1Nc1nc(Nc3ccccc3S(=O)(=O)C(C)C)c3sccc3n1)N(C(=O)CN(C)C)CC2. The molecule has 10 nitrogen and oxygen atoms in total. The van der Waals surface area contributed by atoms with E-state index in [-0.39, 0.29) is 10.8 Å². The number of hydrogen-bond acceptors (Lipinski definition) is 10. The molecule has 1 amide bonds. The maximum absolute atomic E-state index is 13.0. The number of rotatable bonds is 9. The van der Waals surface area contributed by atoms with Gasteiger partial charge in [-0.3, -0.25) is 4.79 Å². The molecule has 2 aromatic carbocycles. The van der Waals surface area contributed by atoms with Crippen molar-refractivity contribution in [3.63, 3.8) is 0 Å². The predicted molar refractivity (Wildman–Crippen MR) is 160 cm³/mol. The number of nitrogens with zero attached hydrogens (tertiary/aromatic N) is 4. The molecule has 0 atom stereocenters. The van der Waals surface area contributed by atoms with Crippen LogP contribution in [-0.2, 0) is 21.1 Å². The van der Waals surface area contributed by atoms with E-state index >= 15 is 0 Å². The third-order valence-corrected chi connectivity index (χ3v) is 9.79. The number of amides is 1. The summed E-state index contributed by atoms with van der Waals surface area (Å²) in [5, 5.41) is 7.87. The van der Waals surface area contributed by atoms with E-state index < -0.39 is 15.1 Å². The second kappa shape index (κ2) is 11.0. The quantitative estimate of drug-likeness (QED) is 0.287. The average molecular weight is 581 g/mol. The fourth-order valence-corrected chi connectivity index (χ4v) is 6.60. The summed E-state index contributed by atoms with van der Waals surface area (Å²) in [6.45, 7) is 4.25. The normalized spacial score (nSPS) is 13.2. The summed E-state index contributed by atoms with van der Waals surface area (Å²) in [5.41, 5.74) is 3.64. The van der Waals surface area contributed by atoms with Crippen LogP contribution < -0.4 is 20.3 Å². The summed E-state index contributed by atoms with van der Waals surface area (Å²) in [6.07, 6.45) is 0.745. The lowest BCUT2D eigenvalue weighted by atomic mass is 10.1. The Morgan fingerprint density at radius 3 is 2.62 bits per heavy atom. The zero-order chi connectivity index (χ0) is 28.6. The Morgan fingerprint density at radius 1 is 1.12 bits per heavy atom. The van der Waals surface area contributed by atoms with E-state index in [0.29, 0.717) is 47.5 Å². The van der Waals surface area contributed by atoms with Crippen molar-refractivity contribution in [1.29, 1.82) is 0 Å². The van der Waals surface area contributed by atoms with E-state index in [4.69, 9.17) is 9.72 Å². The number of anilines is 5. The Morgan fingerprint density at radius 2 is 1.90 bits per heavy atom. The summed E-state index contributed by atoms with van der Waals surface area (Å²) < 4.78 is 32.5. The van der Waals surface area contributed by atoms with Crippen LogP contribution in [0, 0.1) is 0 Å². The number of carbonyl (C=O) groups excluding carboxylic acids is 1. The molecule has 4 aromatic rings. The van der Waals surface area contributed by atoms with Crippen LogP contribution in [0.5, 0.6) is 5.75 Å². The van der Waals surface area contributed by atoms with Crippen LogP contribution in [0.3, 0.4) is 0 Å². The number of likely N-dealkylation sites (N-methyl/N-ethyl adjacent to an activating group) is 1. The molecule has 0 saturated carbocycles. The van der Waals surface area contributed by atoms with E-state index in [2.05, 4.69) is 15.6 Å². The van der Waals surface area contributed by atoms with Gasteiger partial charge in [0.25, 0.3) is 0 Å². The van der Waals surface area contributed by atoms with Crippen molar-refractivity contribution < 1.29 is 17.9 Å². The number of methoxy groups -OCH3 is 1. The molecule has 5 rings (SSSR count). The monoisotopic (exact) mass is 580 g/mol. The zero-order valence-corrected chi connectivity index (χ0v) is 24.7. The van der Waals surface area contributed by atoms with Crippen molar-refractivity contribution in [2.75, 3.05) is 49.8 Å². The lowest BCUT2D eigenvalue weighted by Crippen LogP contribution is -2.36. The number of fused-ring (bicyclic) bond motifs is 2. The molecule has 2 aromatic heterocycles. The Hall–Kier alpha value is -3.74. The number of ether oxygens (including phenoxy) is 1. The minimum atomic E-state index is -3.53. The Bertz CT molecular complexity index is 1680. The van der Waals surface area contributed by atoms with Gasteiger partial charge < -0.3 is 25.2 Å². The zero-order valence-electron chi connectivity index (χ0n) is 23.1. The molecule has 0 bridgehead atoms. The number of hydrogen-bond donors (Lipinski definition) is 2. The molecule has 0 saturated heterocycles. The largest absolute Gasteiger partial charge is 0.495 e. The number of benzene rings is 2. The van der Waals surface area contributed by atoms with Crippen molar-refractivity contribution in [2.24, 2.45) is 0 Å². The second-order valence-electron chi connectivity index (χ2n) is 10.1. The molecule has 2 N–H and O–H groups in total. The first-order valence-corrected chi connectivity index (χ1v) is 15.3. The van der Waals surface area contributed by atoms with Gasteiger partial charge in [-0.1, -0.05) is 12.1 Å². The molecule has 0 fully saturated rings. The van der Waals surface area contributed by atoms with Gasteiger partial charge in [0.15, 0.2) is 15.7 Å². The van der Waals surface area contributed by atoms with Crippen molar-refractivity contribution in [3.05, 3.63) is 53.4 Å². The molecule has 40 heavy (non-hydrogen) atoms. The third kappa shape index (κ3) is 5.34. The van der Waals surface area contributed by atoms with Gasteiger partial charge in [-0.15, -0.1) is 11.3 Å². The maximum atomic E-state index is 13.0. The van der Waals surface area contributed by atoms with E-state index in [0.717, 1.165) is 22.4 Å². The van der Waals surface area contributed by atoms with Crippen molar-refractivity contribution >= 4 is 66.1 Å². The third-order valence-electron chi connectivity index (χ3n) is 6.67. The van der Waals surface area contributed by atoms with Crippen molar-refractivity contribution in [1.82, 2.24) is 14.9 Å². The minimum Gasteiger partial charge on any atom is -0.495 e. The molecule has 0 aliphatic carbocycles. The summed E-state index contributed by atoms with van der Waals surface area (Å²) >= 11 is 1.46. The highest BCUT2D eigenvalue weighted by Gasteiger charge is 2.27. The lowest BCUT2D eigenvalue weighted by molar-refractivity contribution is -0.119. The van der Waals surface area contributed by atoms with Crippen LogP contribution in [0.2, 0.25) is 0 Å². The molecule has 0 unspecified atom stereocenters. The fraction of sp³-hybridized carbons (Fsp3) is 0.321. The highest BCUT2D eigenvalue weighted by molar-refractivity contribution is 7.92. The van der Waals surface area contributed by atoms with E-state index in [9.17, 15) is 13.2 Å². The number of para-hydroxylation sites is 1. The molecular weight excluding hydrogens is 548 g/mol. The van der Waals surface area contributed by atoms with E-state index in [1.165, 1.54) is 11.3 Å².